The summed E-state index contributed by atoms with van der Waals surface area (Å²) >= 11 is 0. The van der Waals surface area contributed by atoms with E-state index in [0.717, 1.165) is 28.0 Å². The van der Waals surface area contributed by atoms with Crippen LogP contribution in [0, 0.1) is 6.92 Å². The lowest BCUT2D eigenvalue weighted by atomic mass is 10.0. The van der Waals surface area contributed by atoms with Crippen molar-refractivity contribution in [3.63, 3.8) is 0 Å². The molecule has 0 saturated heterocycles. The minimum atomic E-state index is -0.438. The highest BCUT2D eigenvalue weighted by Crippen LogP contribution is 2.31. The highest BCUT2D eigenvalue weighted by atomic mass is 16.5. The smallest absolute Gasteiger partial charge is 0.273 e. The molecule has 0 spiro atoms. The van der Waals surface area contributed by atoms with Crippen molar-refractivity contribution in [3.8, 4) is 28.1 Å². The number of ether oxygens (including phenoxy) is 1. The second-order valence-electron chi connectivity index (χ2n) is 7.42. The third-order valence-corrected chi connectivity index (χ3v) is 5.23. The highest BCUT2D eigenvalue weighted by Gasteiger charge is 2.19. The molecule has 9 heteroatoms. The molecule has 9 nitrogen and oxygen atoms in total. The van der Waals surface area contributed by atoms with Crippen LogP contribution in [0.2, 0.25) is 0 Å². The number of nitrogens with zero attached hydrogens (tertiary/aromatic N) is 4. The van der Waals surface area contributed by atoms with Crippen molar-refractivity contribution in [2.24, 2.45) is 7.05 Å². The third-order valence-electron chi connectivity index (χ3n) is 5.23. The van der Waals surface area contributed by atoms with Crippen LogP contribution in [0.5, 0.6) is 5.75 Å². The van der Waals surface area contributed by atoms with Gasteiger partial charge in [0.25, 0.3) is 5.91 Å². The quantitative estimate of drug-likeness (QED) is 0.472. The largest absolute Gasteiger partial charge is 0.496 e. The predicted octanol–water partition coefficient (Wildman–Crippen LogP) is 2.89. The van der Waals surface area contributed by atoms with Crippen LogP contribution in [-0.2, 0) is 11.8 Å². The molecule has 2 N–H and O–H groups in total. The van der Waals surface area contributed by atoms with Crippen LogP contribution in [0.1, 0.15) is 29.3 Å². The third kappa shape index (κ3) is 3.92. The number of pyridine rings is 1. The molecule has 3 heterocycles. The monoisotopic (exact) mass is 432 g/mol. The van der Waals surface area contributed by atoms with E-state index in [0.29, 0.717) is 16.9 Å². The number of rotatable bonds is 5. The van der Waals surface area contributed by atoms with Crippen LogP contribution in [-0.4, -0.2) is 38.1 Å². The fourth-order valence-electron chi connectivity index (χ4n) is 3.58. The van der Waals surface area contributed by atoms with Gasteiger partial charge in [-0.1, -0.05) is 6.92 Å². The van der Waals surface area contributed by atoms with Crippen molar-refractivity contribution in [2.75, 3.05) is 7.11 Å². The van der Waals surface area contributed by atoms with Crippen LogP contribution in [0.25, 0.3) is 28.0 Å². The Balaban J connectivity index is 1.70. The van der Waals surface area contributed by atoms with Gasteiger partial charge in [0.05, 0.1) is 30.8 Å². The number of hydrogen-bond donors (Lipinski definition) is 2. The molecule has 1 aromatic carbocycles. The van der Waals surface area contributed by atoms with Crippen molar-refractivity contribution >= 4 is 17.5 Å². The first kappa shape index (κ1) is 21.1. The van der Waals surface area contributed by atoms with Crippen LogP contribution in [0.15, 0.2) is 49.1 Å². The van der Waals surface area contributed by atoms with Gasteiger partial charge in [-0.25, -0.2) is 4.98 Å². The Labute approximate surface area is 185 Å². The van der Waals surface area contributed by atoms with Gasteiger partial charge >= 0.3 is 0 Å². The van der Waals surface area contributed by atoms with Crippen LogP contribution in [0.4, 0.5) is 0 Å². The molecule has 0 aliphatic rings. The van der Waals surface area contributed by atoms with Crippen LogP contribution in [0.3, 0.4) is 0 Å². The maximum atomic E-state index is 12.6. The topological polar surface area (TPSA) is 103 Å². The zero-order chi connectivity index (χ0) is 22.8. The fraction of sp³-hybridized carbons (Fsp3) is 0.217. The molecule has 0 radical (unpaired) electrons. The number of nitrogens with one attached hydrogen (secondary N) is 2. The lowest BCUT2D eigenvalue weighted by Gasteiger charge is -2.14. The Bertz CT molecular complexity index is 1320. The Morgan fingerprint density at radius 3 is 2.59 bits per heavy atom. The molecule has 0 unspecified atom stereocenters. The Morgan fingerprint density at radius 1 is 1.09 bits per heavy atom. The van der Waals surface area contributed by atoms with Gasteiger partial charge in [-0.05, 0) is 42.3 Å². The van der Waals surface area contributed by atoms with Crippen molar-refractivity contribution in [3.05, 3.63) is 60.2 Å². The molecule has 32 heavy (non-hydrogen) atoms. The second kappa shape index (κ2) is 8.54. The van der Waals surface area contributed by atoms with Gasteiger partial charge < -0.3 is 4.74 Å². The number of benzene rings is 1. The SMILES string of the molecule is CCC(=O)NNC(=O)c1c(C)cc(-c2cnc3cc(-c4cnn(C)c4)ccn23)cc1OC. The molecule has 2 amide bonds. The second-order valence-corrected chi connectivity index (χ2v) is 7.42. The van der Waals surface area contributed by atoms with Gasteiger partial charge in [-0.2, -0.15) is 5.10 Å². The van der Waals surface area contributed by atoms with Gasteiger partial charge in [0.1, 0.15) is 11.4 Å². The average Bonchev–Trinajstić information content (AvgIpc) is 3.42. The van der Waals surface area contributed by atoms with E-state index >= 15 is 0 Å². The van der Waals surface area contributed by atoms with E-state index in [1.54, 1.807) is 23.9 Å². The van der Waals surface area contributed by atoms with Crippen molar-refractivity contribution in [1.82, 2.24) is 30.0 Å². The van der Waals surface area contributed by atoms with E-state index in [1.165, 1.54) is 7.11 Å². The predicted molar refractivity (Wildman–Crippen MR) is 120 cm³/mol. The van der Waals surface area contributed by atoms with Crippen molar-refractivity contribution < 1.29 is 14.3 Å². The summed E-state index contributed by atoms with van der Waals surface area (Å²) in [5.41, 5.74) is 10.4. The number of carbonyl (C=O) groups excluding carboxylic acids is 2. The summed E-state index contributed by atoms with van der Waals surface area (Å²) in [6, 6.07) is 7.71. The zero-order valence-corrected chi connectivity index (χ0v) is 18.3. The highest BCUT2D eigenvalue weighted by molar-refractivity contribution is 6.00. The summed E-state index contributed by atoms with van der Waals surface area (Å²) in [5.74, 6) is -0.305. The summed E-state index contributed by atoms with van der Waals surface area (Å²) in [4.78, 5) is 28.6. The minimum Gasteiger partial charge on any atom is -0.496 e. The molecule has 4 aromatic rings. The lowest BCUT2D eigenvalue weighted by Crippen LogP contribution is -2.41. The number of methoxy groups -OCH3 is 1. The molecule has 0 saturated carbocycles. The normalized spacial score (nSPS) is 10.9. The van der Waals surface area contributed by atoms with Gasteiger partial charge in [0, 0.05) is 37.0 Å². The van der Waals surface area contributed by atoms with Crippen LogP contribution < -0.4 is 15.6 Å². The summed E-state index contributed by atoms with van der Waals surface area (Å²) in [6.07, 6.45) is 7.79. The molecule has 164 valence electrons. The molecular weight excluding hydrogens is 408 g/mol. The maximum Gasteiger partial charge on any atom is 0.273 e. The van der Waals surface area contributed by atoms with E-state index in [4.69, 9.17) is 4.74 Å². The minimum absolute atomic E-state index is 0.270. The van der Waals surface area contributed by atoms with Gasteiger partial charge in [0.2, 0.25) is 5.91 Å². The van der Waals surface area contributed by atoms with Gasteiger partial charge in [-0.15, -0.1) is 0 Å². The number of carbonyl (C=O) groups is 2. The number of aromatic nitrogens is 4. The Kier molecular flexibility index (Phi) is 5.63. The zero-order valence-electron chi connectivity index (χ0n) is 18.3. The molecule has 3 aromatic heterocycles. The van der Waals surface area contributed by atoms with Gasteiger partial charge in [-0.3, -0.25) is 29.5 Å². The molecule has 0 aliphatic carbocycles. The standard InChI is InChI=1S/C23H24N6O3/c1-5-21(30)26-27-23(31)22-14(2)8-16(9-19(22)32-4)18-12-24-20-10-15(6-7-29(18)20)17-11-25-28(3)13-17/h6-13H,5H2,1-4H3,(H,26,30)(H,27,31). The van der Waals surface area contributed by atoms with Crippen molar-refractivity contribution in [1.29, 1.82) is 0 Å². The molecule has 0 fully saturated rings. The summed E-state index contributed by atoms with van der Waals surface area (Å²) < 4.78 is 9.24. The molecule has 4 rings (SSSR count). The first-order valence-electron chi connectivity index (χ1n) is 10.2. The number of hydrogen-bond acceptors (Lipinski definition) is 5. The summed E-state index contributed by atoms with van der Waals surface area (Å²) in [6.45, 7) is 3.53. The number of aryl methyl sites for hydroxylation is 2. The van der Waals surface area contributed by atoms with E-state index in [2.05, 4.69) is 20.9 Å². The van der Waals surface area contributed by atoms with E-state index in [9.17, 15) is 9.59 Å². The van der Waals surface area contributed by atoms with Gasteiger partial charge in [0.15, 0.2) is 0 Å². The molecular formula is C23H24N6O3. The van der Waals surface area contributed by atoms with E-state index < -0.39 is 5.91 Å². The molecule has 0 bridgehead atoms. The first-order valence-corrected chi connectivity index (χ1v) is 10.2. The van der Waals surface area contributed by atoms with E-state index in [1.807, 2.05) is 55.2 Å². The number of hydrazine groups is 1. The molecule has 0 atom stereocenters. The summed E-state index contributed by atoms with van der Waals surface area (Å²) in [5, 5.41) is 4.22. The number of imidazole rings is 1. The maximum absolute atomic E-state index is 12.6. The van der Waals surface area contributed by atoms with E-state index in [-0.39, 0.29) is 12.3 Å². The average molecular weight is 432 g/mol. The van der Waals surface area contributed by atoms with Crippen molar-refractivity contribution in [2.45, 2.75) is 20.3 Å². The van der Waals surface area contributed by atoms with Crippen LogP contribution >= 0.6 is 0 Å². The first-order chi connectivity index (χ1) is 15.4. The number of amides is 2. The molecule has 0 aliphatic heterocycles. The number of fused-ring (bicyclic) bond motifs is 1. The Morgan fingerprint density at radius 2 is 1.91 bits per heavy atom. The fourth-order valence-corrected chi connectivity index (χ4v) is 3.58. The summed E-state index contributed by atoms with van der Waals surface area (Å²) in [7, 11) is 3.39. The lowest BCUT2D eigenvalue weighted by molar-refractivity contribution is -0.121. The Hall–Kier alpha value is -4.14.